The highest BCUT2D eigenvalue weighted by atomic mass is 16.7. The maximum absolute atomic E-state index is 13.1. The van der Waals surface area contributed by atoms with Crippen LogP contribution in [0.5, 0.6) is 0 Å². The topological polar surface area (TPSA) is 149 Å². The summed E-state index contributed by atoms with van der Waals surface area (Å²) in [6, 6.07) is -0.716. The van der Waals surface area contributed by atoms with Gasteiger partial charge in [-0.15, -0.1) is 0 Å². The van der Waals surface area contributed by atoms with Crippen LogP contribution in [0, 0.1) is 0 Å². The van der Waals surface area contributed by atoms with Gasteiger partial charge in [0.05, 0.1) is 25.4 Å². The second-order valence-electron chi connectivity index (χ2n) is 21.1. The van der Waals surface area contributed by atoms with Gasteiger partial charge in [0.25, 0.3) is 0 Å². The van der Waals surface area contributed by atoms with Crippen LogP contribution in [-0.4, -0.2) is 87.5 Å². The van der Waals surface area contributed by atoms with Gasteiger partial charge < -0.3 is 40.3 Å². The molecule has 0 aromatic rings. The molecule has 9 nitrogen and oxygen atoms in total. The standard InChI is InChI=1S/C60H115NO8/c1-3-5-7-9-11-13-15-17-18-19-20-21-22-23-24-25-26-27-28-29-30-31-32-33-34-35-36-38-40-42-44-46-48-50-56(64)61-53(52-68-60-59(67)58(66)57(65)55(51-62)69-60)54(63)49-47-45-43-41-39-37-16-14-12-10-8-6-4-2/h20-21,23-24,53-55,57-60,62-63,65-67H,3-19,22,25-52H2,1-2H3,(H,61,64)/b21-20-,24-23-. The number of aliphatic hydroxyl groups excluding tert-OH is 5. The zero-order chi connectivity index (χ0) is 50.1. The maximum atomic E-state index is 13.1. The molecule has 9 heteroatoms. The van der Waals surface area contributed by atoms with Gasteiger partial charge in [-0.2, -0.15) is 0 Å². The number of ether oxygens (including phenoxy) is 2. The molecule has 1 rings (SSSR count). The predicted octanol–water partition coefficient (Wildman–Crippen LogP) is 15.0. The number of aliphatic hydroxyl groups is 5. The number of carbonyl (C=O) groups excluding carboxylic acids is 1. The average Bonchev–Trinajstić information content (AvgIpc) is 3.35. The SMILES string of the molecule is CCCCCCCCCCC/C=C\C/C=C\CCCCCCCCCCCCCCCCCCCC(=O)NC(COC1OC(CO)C(O)C(O)C1O)C(O)CCCCCCCCCCCCCCC. The van der Waals surface area contributed by atoms with Crippen molar-refractivity contribution in [1.82, 2.24) is 5.32 Å². The normalized spacial score (nSPS) is 19.6. The number of amides is 1. The molecule has 7 atom stereocenters. The van der Waals surface area contributed by atoms with Crippen molar-refractivity contribution in [3.05, 3.63) is 24.3 Å². The van der Waals surface area contributed by atoms with Gasteiger partial charge in [0.15, 0.2) is 6.29 Å². The van der Waals surface area contributed by atoms with Crippen LogP contribution in [0.2, 0.25) is 0 Å². The van der Waals surface area contributed by atoms with Crippen LogP contribution in [-0.2, 0) is 14.3 Å². The van der Waals surface area contributed by atoms with Crippen molar-refractivity contribution < 1.29 is 39.8 Å². The molecule has 69 heavy (non-hydrogen) atoms. The molecule has 1 aliphatic rings. The van der Waals surface area contributed by atoms with E-state index >= 15 is 0 Å². The minimum Gasteiger partial charge on any atom is -0.394 e. The predicted molar refractivity (Wildman–Crippen MR) is 290 cm³/mol. The highest BCUT2D eigenvalue weighted by Gasteiger charge is 2.44. The lowest BCUT2D eigenvalue weighted by atomic mass is 9.99. The van der Waals surface area contributed by atoms with Crippen molar-refractivity contribution in [2.24, 2.45) is 0 Å². The molecule has 408 valence electrons. The van der Waals surface area contributed by atoms with E-state index in [0.717, 1.165) is 44.9 Å². The molecule has 1 amide bonds. The fourth-order valence-corrected chi connectivity index (χ4v) is 9.78. The second kappa shape index (κ2) is 50.2. The van der Waals surface area contributed by atoms with Crippen LogP contribution >= 0.6 is 0 Å². The molecule has 0 saturated carbocycles. The van der Waals surface area contributed by atoms with Gasteiger partial charge in [-0.05, 0) is 44.9 Å². The molecular weight excluding hydrogens is 863 g/mol. The molecule has 0 aromatic carbocycles. The van der Waals surface area contributed by atoms with Gasteiger partial charge in [0.2, 0.25) is 5.91 Å². The number of hydrogen-bond donors (Lipinski definition) is 6. The fourth-order valence-electron chi connectivity index (χ4n) is 9.78. The summed E-state index contributed by atoms with van der Waals surface area (Å²) >= 11 is 0. The van der Waals surface area contributed by atoms with Gasteiger partial charge in [-0.1, -0.05) is 269 Å². The molecule has 1 heterocycles. The Morgan fingerprint density at radius 1 is 0.493 bits per heavy atom. The first kappa shape index (κ1) is 65.7. The number of allylic oxidation sites excluding steroid dienone is 4. The van der Waals surface area contributed by atoms with Gasteiger partial charge in [-0.3, -0.25) is 4.79 Å². The van der Waals surface area contributed by atoms with Gasteiger partial charge in [0.1, 0.15) is 24.4 Å². The molecule has 0 spiro atoms. The smallest absolute Gasteiger partial charge is 0.220 e. The Kier molecular flexibility index (Phi) is 47.8. The summed E-state index contributed by atoms with van der Waals surface area (Å²) in [6.07, 6.45) is 56.6. The van der Waals surface area contributed by atoms with Crippen molar-refractivity contribution >= 4 is 5.91 Å². The van der Waals surface area contributed by atoms with Gasteiger partial charge in [-0.25, -0.2) is 0 Å². The van der Waals surface area contributed by atoms with Crippen LogP contribution in [0.25, 0.3) is 0 Å². The van der Waals surface area contributed by atoms with E-state index < -0.39 is 49.5 Å². The van der Waals surface area contributed by atoms with Crippen LogP contribution in [0.15, 0.2) is 24.3 Å². The lowest BCUT2D eigenvalue weighted by Gasteiger charge is -2.40. The first-order valence-electron chi connectivity index (χ1n) is 30.0. The van der Waals surface area contributed by atoms with Crippen molar-refractivity contribution in [3.8, 4) is 0 Å². The van der Waals surface area contributed by atoms with E-state index in [4.69, 9.17) is 9.47 Å². The second-order valence-corrected chi connectivity index (χ2v) is 21.1. The molecule has 6 N–H and O–H groups in total. The average molecular weight is 979 g/mol. The summed E-state index contributed by atoms with van der Waals surface area (Å²) in [7, 11) is 0. The molecule has 7 unspecified atom stereocenters. The molecule has 1 fully saturated rings. The summed E-state index contributed by atoms with van der Waals surface area (Å²) in [6.45, 7) is 3.86. The van der Waals surface area contributed by atoms with Crippen molar-refractivity contribution in [1.29, 1.82) is 0 Å². The summed E-state index contributed by atoms with van der Waals surface area (Å²) in [5.74, 6) is -0.140. The molecule has 0 bridgehead atoms. The maximum Gasteiger partial charge on any atom is 0.220 e. The largest absolute Gasteiger partial charge is 0.394 e. The van der Waals surface area contributed by atoms with E-state index in [1.165, 1.54) is 225 Å². The summed E-state index contributed by atoms with van der Waals surface area (Å²) in [5.41, 5.74) is 0. The third-order valence-corrected chi connectivity index (χ3v) is 14.6. The third-order valence-electron chi connectivity index (χ3n) is 14.6. The highest BCUT2D eigenvalue weighted by molar-refractivity contribution is 5.76. The Bertz CT molecular complexity index is 1130. The van der Waals surface area contributed by atoms with E-state index in [2.05, 4.69) is 43.5 Å². The van der Waals surface area contributed by atoms with Gasteiger partial charge >= 0.3 is 0 Å². The summed E-state index contributed by atoms with van der Waals surface area (Å²) < 4.78 is 11.3. The zero-order valence-electron chi connectivity index (χ0n) is 45.3. The molecule has 1 aliphatic heterocycles. The van der Waals surface area contributed by atoms with Crippen molar-refractivity contribution in [2.75, 3.05) is 13.2 Å². The van der Waals surface area contributed by atoms with E-state index in [0.29, 0.717) is 12.8 Å². The van der Waals surface area contributed by atoms with Crippen LogP contribution in [0.4, 0.5) is 0 Å². The minimum absolute atomic E-state index is 0.134. The Balaban J connectivity index is 2.09. The third kappa shape index (κ3) is 39.8. The number of nitrogens with one attached hydrogen (secondary N) is 1. The fraction of sp³-hybridized carbons (Fsp3) is 0.917. The van der Waals surface area contributed by atoms with E-state index in [1.807, 2.05) is 0 Å². The number of rotatable bonds is 52. The molecule has 1 saturated heterocycles. The highest BCUT2D eigenvalue weighted by Crippen LogP contribution is 2.23. The van der Waals surface area contributed by atoms with Crippen LogP contribution in [0.3, 0.4) is 0 Å². The van der Waals surface area contributed by atoms with Crippen molar-refractivity contribution in [2.45, 2.75) is 339 Å². The first-order chi connectivity index (χ1) is 33.8. The summed E-state index contributed by atoms with van der Waals surface area (Å²) in [5, 5.41) is 54.6. The number of unbranched alkanes of at least 4 members (excludes halogenated alkanes) is 38. The lowest BCUT2D eigenvalue weighted by molar-refractivity contribution is -0.302. The van der Waals surface area contributed by atoms with Crippen molar-refractivity contribution in [3.63, 3.8) is 0 Å². The van der Waals surface area contributed by atoms with Gasteiger partial charge in [0, 0.05) is 6.42 Å². The Hall–Kier alpha value is -1.33. The van der Waals surface area contributed by atoms with Crippen LogP contribution in [0.1, 0.15) is 296 Å². The lowest BCUT2D eigenvalue weighted by Crippen LogP contribution is -2.60. The molecular formula is C60H115NO8. The Labute approximate surface area is 426 Å². The molecule has 0 aliphatic carbocycles. The minimum atomic E-state index is -1.55. The first-order valence-corrected chi connectivity index (χ1v) is 30.0. The van der Waals surface area contributed by atoms with E-state index in [-0.39, 0.29) is 12.5 Å². The number of carbonyl (C=O) groups is 1. The zero-order valence-corrected chi connectivity index (χ0v) is 45.3. The Morgan fingerprint density at radius 3 is 1.25 bits per heavy atom. The van der Waals surface area contributed by atoms with Crippen LogP contribution < -0.4 is 5.32 Å². The number of hydrogen-bond acceptors (Lipinski definition) is 8. The Morgan fingerprint density at radius 2 is 0.855 bits per heavy atom. The quantitative estimate of drug-likeness (QED) is 0.0261. The molecule has 0 radical (unpaired) electrons. The van der Waals surface area contributed by atoms with E-state index in [9.17, 15) is 30.3 Å². The monoisotopic (exact) mass is 978 g/mol. The van der Waals surface area contributed by atoms with E-state index in [1.54, 1.807) is 0 Å². The summed E-state index contributed by atoms with van der Waals surface area (Å²) in [4.78, 5) is 13.1. The molecule has 0 aromatic heterocycles.